The Labute approximate surface area is 110 Å². The Bertz CT molecular complexity index is 320. The van der Waals surface area contributed by atoms with Gasteiger partial charge in [0.2, 0.25) is 0 Å². The predicted molar refractivity (Wildman–Crippen MR) is 74.7 cm³/mol. The van der Waals surface area contributed by atoms with Gasteiger partial charge in [-0.25, -0.2) is 0 Å². The molecule has 3 heteroatoms. The van der Waals surface area contributed by atoms with Crippen LogP contribution in [0, 0.1) is 0 Å². The SMILES string of the molecule is CCCc1ccc(CCN(C)C(CO)CO)cc1. The molecule has 0 saturated carbocycles. The van der Waals surface area contributed by atoms with Crippen molar-refractivity contribution in [1.29, 1.82) is 0 Å². The van der Waals surface area contributed by atoms with E-state index in [1.807, 2.05) is 11.9 Å². The summed E-state index contributed by atoms with van der Waals surface area (Å²) in [4.78, 5) is 2.00. The van der Waals surface area contributed by atoms with Crippen LogP contribution in [0.2, 0.25) is 0 Å². The number of likely N-dealkylation sites (N-methyl/N-ethyl adjacent to an activating group) is 1. The molecule has 1 aromatic carbocycles. The maximum Gasteiger partial charge on any atom is 0.0609 e. The maximum absolute atomic E-state index is 9.09. The molecule has 0 spiro atoms. The Hall–Kier alpha value is -0.900. The Morgan fingerprint density at radius 1 is 1.00 bits per heavy atom. The van der Waals surface area contributed by atoms with Gasteiger partial charge in [0.1, 0.15) is 0 Å². The first-order chi connectivity index (χ1) is 8.71. The largest absolute Gasteiger partial charge is 0.395 e. The lowest BCUT2D eigenvalue weighted by Crippen LogP contribution is -2.38. The molecule has 0 atom stereocenters. The van der Waals surface area contributed by atoms with Gasteiger partial charge in [-0.15, -0.1) is 0 Å². The minimum Gasteiger partial charge on any atom is -0.395 e. The van der Waals surface area contributed by atoms with Gasteiger partial charge in [0, 0.05) is 6.54 Å². The van der Waals surface area contributed by atoms with E-state index in [2.05, 4.69) is 31.2 Å². The Balaban J connectivity index is 2.43. The first-order valence-corrected chi connectivity index (χ1v) is 6.71. The molecule has 0 heterocycles. The highest BCUT2D eigenvalue weighted by molar-refractivity contribution is 5.22. The number of nitrogens with zero attached hydrogens (tertiary/aromatic N) is 1. The lowest BCUT2D eigenvalue weighted by molar-refractivity contribution is 0.0925. The van der Waals surface area contributed by atoms with Crippen LogP contribution < -0.4 is 0 Å². The zero-order valence-electron chi connectivity index (χ0n) is 11.5. The minimum absolute atomic E-state index is 0.00242. The van der Waals surface area contributed by atoms with Crippen molar-refractivity contribution in [1.82, 2.24) is 4.90 Å². The van der Waals surface area contributed by atoms with E-state index >= 15 is 0 Å². The third-order valence-electron chi connectivity index (χ3n) is 3.36. The molecule has 0 aliphatic carbocycles. The van der Waals surface area contributed by atoms with Crippen LogP contribution in [0.1, 0.15) is 24.5 Å². The quantitative estimate of drug-likeness (QED) is 0.735. The summed E-state index contributed by atoms with van der Waals surface area (Å²) in [7, 11) is 1.93. The number of aryl methyl sites for hydroxylation is 1. The Morgan fingerprint density at radius 3 is 1.94 bits per heavy atom. The average molecular weight is 251 g/mol. The highest BCUT2D eigenvalue weighted by atomic mass is 16.3. The van der Waals surface area contributed by atoms with Crippen LogP contribution in [-0.4, -0.2) is 48.0 Å². The molecule has 0 radical (unpaired) electrons. The van der Waals surface area contributed by atoms with Crippen LogP contribution in [0.4, 0.5) is 0 Å². The normalized spacial score (nSPS) is 11.4. The van der Waals surface area contributed by atoms with Gasteiger partial charge in [0.05, 0.1) is 19.3 Å². The first kappa shape index (κ1) is 15.2. The van der Waals surface area contributed by atoms with Crippen molar-refractivity contribution < 1.29 is 10.2 Å². The van der Waals surface area contributed by atoms with Gasteiger partial charge >= 0.3 is 0 Å². The van der Waals surface area contributed by atoms with Gasteiger partial charge in [-0.3, -0.25) is 4.90 Å². The summed E-state index contributed by atoms with van der Waals surface area (Å²) >= 11 is 0. The van der Waals surface area contributed by atoms with Crippen molar-refractivity contribution in [2.45, 2.75) is 32.2 Å². The second kappa shape index (κ2) is 8.25. The maximum atomic E-state index is 9.09. The van der Waals surface area contributed by atoms with Crippen LogP contribution in [0.25, 0.3) is 0 Å². The molecule has 0 unspecified atom stereocenters. The molecule has 0 fully saturated rings. The molecule has 0 saturated heterocycles. The van der Waals surface area contributed by atoms with Crippen LogP contribution in [-0.2, 0) is 12.8 Å². The van der Waals surface area contributed by atoms with Gasteiger partial charge in [-0.05, 0) is 31.0 Å². The lowest BCUT2D eigenvalue weighted by Gasteiger charge is -2.24. The molecule has 2 N–H and O–H groups in total. The molecule has 18 heavy (non-hydrogen) atoms. The molecule has 0 bridgehead atoms. The van der Waals surface area contributed by atoms with E-state index in [0.29, 0.717) is 0 Å². The van der Waals surface area contributed by atoms with E-state index in [-0.39, 0.29) is 19.3 Å². The smallest absolute Gasteiger partial charge is 0.0609 e. The second-order valence-corrected chi connectivity index (χ2v) is 4.82. The van der Waals surface area contributed by atoms with Gasteiger partial charge in [-0.2, -0.15) is 0 Å². The Kier molecular flexibility index (Phi) is 6.94. The number of rotatable bonds is 8. The predicted octanol–water partition coefficient (Wildman–Crippen LogP) is 1.47. The van der Waals surface area contributed by atoms with Crippen molar-refractivity contribution in [3.8, 4) is 0 Å². The van der Waals surface area contributed by atoms with Crippen molar-refractivity contribution in [3.05, 3.63) is 35.4 Å². The molecular formula is C15H25NO2. The van der Waals surface area contributed by atoms with E-state index in [1.54, 1.807) is 0 Å². The van der Waals surface area contributed by atoms with Gasteiger partial charge in [-0.1, -0.05) is 37.6 Å². The standard InChI is InChI=1S/C15H25NO2/c1-3-4-13-5-7-14(8-6-13)9-10-16(2)15(11-17)12-18/h5-8,15,17-18H,3-4,9-12H2,1-2H3. The van der Waals surface area contributed by atoms with Gasteiger partial charge < -0.3 is 10.2 Å². The number of hydrogen-bond donors (Lipinski definition) is 2. The first-order valence-electron chi connectivity index (χ1n) is 6.71. The molecule has 0 aliphatic rings. The third-order valence-corrected chi connectivity index (χ3v) is 3.36. The topological polar surface area (TPSA) is 43.7 Å². The van der Waals surface area contributed by atoms with E-state index < -0.39 is 0 Å². The molecule has 0 aromatic heterocycles. The average Bonchev–Trinajstić information content (AvgIpc) is 2.40. The molecule has 3 nitrogen and oxygen atoms in total. The summed E-state index contributed by atoms with van der Waals surface area (Å²) in [5, 5.41) is 18.2. The van der Waals surface area contributed by atoms with E-state index in [4.69, 9.17) is 10.2 Å². The summed E-state index contributed by atoms with van der Waals surface area (Å²) in [6.07, 6.45) is 3.26. The summed E-state index contributed by atoms with van der Waals surface area (Å²) in [5.41, 5.74) is 2.69. The van der Waals surface area contributed by atoms with Crippen molar-refractivity contribution in [3.63, 3.8) is 0 Å². The number of aliphatic hydroxyl groups excluding tert-OH is 2. The molecule has 1 aromatic rings. The van der Waals surface area contributed by atoms with Crippen molar-refractivity contribution >= 4 is 0 Å². The van der Waals surface area contributed by atoms with E-state index in [9.17, 15) is 0 Å². The summed E-state index contributed by atoms with van der Waals surface area (Å²) < 4.78 is 0. The molecule has 1 rings (SSSR count). The van der Waals surface area contributed by atoms with Crippen LogP contribution in [0.5, 0.6) is 0 Å². The van der Waals surface area contributed by atoms with Gasteiger partial charge in [0.15, 0.2) is 0 Å². The number of hydrogen-bond acceptors (Lipinski definition) is 3. The van der Waals surface area contributed by atoms with Crippen molar-refractivity contribution in [2.75, 3.05) is 26.8 Å². The third kappa shape index (κ3) is 4.77. The van der Waals surface area contributed by atoms with Crippen molar-refractivity contribution in [2.24, 2.45) is 0 Å². The molecule has 102 valence electrons. The van der Waals surface area contributed by atoms with E-state index in [1.165, 1.54) is 17.5 Å². The second-order valence-electron chi connectivity index (χ2n) is 4.82. The fourth-order valence-corrected chi connectivity index (χ4v) is 1.99. The van der Waals surface area contributed by atoms with Crippen LogP contribution in [0.15, 0.2) is 24.3 Å². The number of aliphatic hydroxyl groups is 2. The minimum atomic E-state index is -0.149. The fraction of sp³-hybridized carbons (Fsp3) is 0.600. The summed E-state index contributed by atoms with van der Waals surface area (Å²) in [6.45, 7) is 3.04. The molecule has 0 amide bonds. The summed E-state index contributed by atoms with van der Waals surface area (Å²) in [6, 6.07) is 8.57. The zero-order valence-corrected chi connectivity index (χ0v) is 11.5. The monoisotopic (exact) mass is 251 g/mol. The van der Waals surface area contributed by atoms with Crippen LogP contribution in [0.3, 0.4) is 0 Å². The number of benzene rings is 1. The molecule has 0 aliphatic heterocycles. The van der Waals surface area contributed by atoms with Crippen LogP contribution >= 0.6 is 0 Å². The summed E-state index contributed by atoms with van der Waals surface area (Å²) in [5.74, 6) is 0. The Morgan fingerprint density at radius 2 is 1.50 bits per heavy atom. The van der Waals surface area contributed by atoms with Gasteiger partial charge in [0.25, 0.3) is 0 Å². The zero-order chi connectivity index (χ0) is 13.4. The lowest BCUT2D eigenvalue weighted by atomic mass is 10.1. The van der Waals surface area contributed by atoms with E-state index in [0.717, 1.165) is 19.4 Å². The highest BCUT2D eigenvalue weighted by Crippen LogP contribution is 2.08. The molecular weight excluding hydrogens is 226 g/mol. The fourth-order valence-electron chi connectivity index (χ4n) is 1.99. The highest BCUT2D eigenvalue weighted by Gasteiger charge is 2.11.